The number of hydrogen-bond acceptors (Lipinski definition) is 2. The number of nitrogens with two attached hydrogens (primary N) is 1. The van der Waals surface area contributed by atoms with Crippen molar-refractivity contribution in [3.8, 4) is 0 Å². The van der Waals surface area contributed by atoms with Gasteiger partial charge in [0, 0.05) is 16.6 Å². The van der Waals surface area contributed by atoms with Crippen LogP contribution >= 0.6 is 11.6 Å². The Bertz CT molecular complexity index is 277. The monoisotopic (exact) mass is 199 g/mol. The molecule has 2 nitrogen and oxygen atoms in total. The second-order valence-corrected chi connectivity index (χ2v) is 3.45. The Hall–Kier alpha value is -0.570. The van der Waals surface area contributed by atoms with Crippen LogP contribution in [0.4, 0.5) is 0 Å². The Kier molecular flexibility index (Phi) is 3.72. The van der Waals surface area contributed by atoms with Crippen molar-refractivity contribution in [1.29, 1.82) is 0 Å². The maximum atomic E-state index is 9.76. The Balaban J connectivity index is 2.88. The molecule has 0 saturated heterocycles. The maximum absolute atomic E-state index is 9.76. The molecular formula is C10H14ClNO. The third kappa shape index (κ3) is 2.44. The normalized spacial score (nSPS) is 15.4. The second-order valence-electron chi connectivity index (χ2n) is 3.04. The highest BCUT2D eigenvalue weighted by Gasteiger charge is 2.16. The predicted octanol–water partition coefficient (Wildman–Crippen LogP) is 2.11. The van der Waals surface area contributed by atoms with E-state index >= 15 is 0 Å². The zero-order valence-electron chi connectivity index (χ0n) is 7.57. The van der Waals surface area contributed by atoms with Gasteiger partial charge in [-0.2, -0.15) is 0 Å². The summed E-state index contributed by atoms with van der Waals surface area (Å²) < 4.78 is 0. The highest BCUT2D eigenvalue weighted by molar-refractivity contribution is 6.31. The van der Waals surface area contributed by atoms with E-state index in [1.54, 1.807) is 12.1 Å². The van der Waals surface area contributed by atoms with E-state index in [2.05, 4.69) is 0 Å². The lowest BCUT2D eigenvalue weighted by molar-refractivity contribution is 0.144. The minimum atomic E-state index is -0.668. The average Bonchev–Trinajstić information content (AvgIpc) is 2.16. The van der Waals surface area contributed by atoms with Crippen LogP contribution in [-0.4, -0.2) is 11.1 Å². The van der Waals surface area contributed by atoms with Crippen molar-refractivity contribution < 1.29 is 5.11 Å². The van der Waals surface area contributed by atoms with Gasteiger partial charge in [0.15, 0.2) is 0 Å². The topological polar surface area (TPSA) is 46.2 Å². The Labute approximate surface area is 83.3 Å². The van der Waals surface area contributed by atoms with Crippen LogP contribution in [0.3, 0.4) is 0 Å². The molecule has 0 amide bonds. The van der Waals surface area contributed by atoms with Crippen LogP contribution in [0.15, 0.2) is 24.3 Å². The van der Waals surface area contributed by atoms with E-state index in [0.29, 0.717) is 10.6 Å². The summed E-state index contributed by atoms with van der Waals surface area (Å²) in [4.78, 5) is 0. The van der Waals surface area contributed by atoms with E-state index in [1.807, 2.05) is 19.1 Å². The van der Waals surface area contributed by atoms with Crippen LogP contribution in [0.5, 0.6) is 0 Å². The summed E-state index contributed by atoms with van der Waals surface area (Å²) >= 11 is 5.90. The molecule has 0 fully saturated rings. The first kappa shape index (κ1) is 10.5. The molecule has 1 aromatic rings. The Morgan fingerprint density at radius 2 is 2.08 bits per heavy atom. The molecule has 0 heterocycles. The van der Waals surface area contributed by atoms with E-state index in [4.69, 9.17) is 17.3 Å². The molecule has 0 spiro atoms. The predicted molar refractivity (Wildman–Crippen MR) is 54.7 cm³/mol. The van der Waals surface area contributed by atoms with Gasteiger partial charge in [-0.05, 0) is 12.5 Å². The standard InChI is InChI=1S/C10H14ClNO/c1-2-9(12)10(13)7-5-3-4-6-8(7)11/h3-6,9-10,13H,2,12H2,1H3/t9-,10-/m1/s1. The molecular weight excluding hydrogens is 186 g/mol. The summed E-state index contributed by atoms with van der Waals surface area (Å²) in [5.41, 5.74) is 6.42. The Morgan fingerprint density at radius 3 is 2.62 bits per heavy atom. The third-order valence-electron chi connectivity index (χ3n) is 2.10. The fourth-order valence-electron chi connectivity index (χ4n) is 1.17. The number of halogens is 1. The smallest absolute Gasteiger partial charge is 0.0955 e. The third-order valence-corrected chi connectivity index (χ3v) is 2.45. The van der Waals surface area contributed by atoms with Gasteiger partial charge in [0.1, 0.15) is 0 Å². The van der Waals surface area contributed by atoms with E-state index in [1.165, 1.54) is 0 Å². The molecule has 1 aromatic carbocycles. The molecule has 13 heavy (non-hydrogen) atoms. The number of hydrogen-bond donors (Lipinski definition) is 2. The minimum Gasteiger partial charge on any atom is -0.387 e. The minimum absolute atomic E-state index is 0.250. The zero-order valence-corrected chi connectivity index (χ0v) is 8.33. The van der Waals surface area contributed by atoms with Gasteiger partial charge in [-0.3, -0.25) is 0 Å². The lowest BCUT2D eigenvalue weighted by Gasteiger charge is -2.18. The van der Waals surface area contributed by atoms with Crippen molar-refractivity contribution in [2.24, 2.45) is 5.73 Å². The van der Waals surface area contributed by atoms with Crippen molar-refractivity contribution in [1.82, 2.24) is 0 Å². The second kappa shape index (κ2) is 4.61. The van der Waals surface area contributed by atoms with Gasteiger partial charge in [0.05, 0.1) is 6.10 Å². The molecule has 0 bridgehead atoms. The summed E-state index contributed by atoms with van der Waals surface area (Å²) in [6.07, 6.45) is 0.0607. The van der Waals surface area contributed by atoms with Crippen molar-refractivity contribution >= 4 is 11.6 Å². The van der Waals surface area contributed by atoms with Crippen molar-refractivity contribution in [2.45, 2.75) is 25.5 Å². The van der Waals surface area contributed by atoms with E-state index in [-0.39, 0.29) is 6.04 Å². The van der Waals surface area contributed by atoms with Crippen LogP contribution in [0.1, 0.15) is 25.0 Å². The molecule has 0 aliphatic heterocycles. The largest absolute Gasteiger partial charge is 0.387 e. The van der Waals surface area contributed by atoms with Crippen molar-refractivity contribution in [2.75, 3.05) is 0 Å². The first-order chi connectivity index (χ1) is 6.16. The van der Waals surface area contributed by atoms with Crippen LogP contribution in [0, 0.1) is 0 Å². The van der Waals surface area contributed by atoms with Crippen molar-refractivity contribution in [3.05, 3.63) is 34.9 Å². The lowest BCUT2D eigenvalue weighted by Crippen LogP contribution is -2.27. The van der Waals surface area contributed by atoms with Crippen LogP contribution < -0.4 is 5.73 Å². The lowest BCUT2D eigenvalue weighted by atomic mass is 10.0. The van der Waals surface area contributed by atoms with Gasteiger partial charge >= 0.3 is 0 Å². The molecule has 72 valence electrons. The highest BCUT2D eigenvalue weighted by Crippen LogP contribution is 2.24. The summed E-state index contributed by atoms with van der Waals surface area (Å²) in [6, 6.07) is 6.97. The quantitative estimate of drug-likeness (QED) is 0.784. The SMILES string of the molecule is CC[C@@H](N)[C@H](O)c1ccccc1Cl. The fraction of sp³-hybridized carbons (Fsp3) is 0.400. The first-order valence-corrected chi connectivity index (χ1v) is 4.72. The van der Waals surface area contributed by atoms with E-state index in [9.17, 15) is 5.11 Å². The van der Waals surface area contributed by atoms with Crippen LogP contribution in [-0.2, 0) is 0 Å². The summed E-state index contributed by atoms with van der Waals surface area (Å²) in [7, 11) is 0. The molecule has 1 rings (SSSR count). The van der Waals surface area contributed by atoms with Crippen molar-refractivity contribution in [3.63, 3.8) is 0 Å². The number of benzene rings is 1. The van der Waals surface area contributed by atoms with Gasteiger partial charge in [-0.15, -0.1) is 0 Å². The van der Waals surface area contributed by atoms with E-state index < -0.39 is 6.10 Å². The van der Waals surface area contributed by atoms with Gasteiger partial charge in [-0.1, -0.05) is 36.7 Å². The molecule has 0 saturated carbocycles. The van der Waals surface area contributed by atoms with E-state index in [0.717, 1.165) is 6.42 Å². The molecule has 3 heteroatoms. The molecule has 0 radical (unpaired) electrons. The zero-order chi connectivity index (χ0) is 9.84. The molecule has 2 atom stereocenters. The maximum Gasteiger partial charge on any atom is 0.0955 e. The van der Waals surface area contributed by atoms with Gasteiger partial charge < -0.3 is 10.8 Å². The summed E-state index contributed by atoms with van der Waals surface area (Å²) in [5.74, 6) is 0. The fourth-order valence-corrected chi connectivity index (χ4v) is 1.42. The molecule has 0 aromatic heterocycles. The summed E-state index contributed by atoms with van der Waals surface area (Å²) in [6.45, 7) is 1.94. The number of aliphatic hydroxyl groups excluding tert-OH is 1. The molecule has 0 unspecified atom stereocenters. The van der Waals surface area contributed by atoms with Gasteiger partial charge in [0.25, 0.3) is 0 Å². The van der Waals surface area contributed by atoms with Crippen LogP contribution in [0.25, 0.3) is 0 Å². The highest BCUT2D eigenvalue weighted by atomic mass is 35.5. The average molecular weight is 200 g/mol. The van der Waals surface area contributed by atoms with Gasteiger partial charge in [-0.25, -0.2) is 0 Å². The molecule has 0 aliphatic rings. The van der Waals surface area contributed by atoms with Gasteiger partial charge in [0.2, 0.25) is 0 Å². The molecule has 3 N–H and O–H groups in total. The molecule has 0 aliphatic carbocycles. The number of rotatable bonds is 3. The number of aliphatic hydroxyl groups is 1. The van der Waals surface area contributed by atoms with Crippen LogP contribution in [0.2, 0.25) is 5.02 Å². The Morgan fingerprint density at radius 1 is 1.46 bits per heavy atom. The summed E-state index contributed by atoms with van der Waals surface area (Å²) in [5, 5.41) is 10.3. The first-order valence-electron chi connectivity index (χ1n) is 4.35.